The molecule has 1 aliphatic heterocycles. The van der Waals surface area contributed by atoms with Gasteiger partial charge in [-0.15, -0.1) is 0 Å². The molecule has 0 unspecified atom stereocenters. The molecule has 39 heavy (non-hydrogen) atoms. The van der Waals surface area contributed by atoms with Crippen molar-refractivity contribution in [2.45, 2.75) is 91.2 Å². The number of rotatable bonds is 5. The number of hydrogen-bond acceptors (Lipinski definition) is 4. The van der Waals surface area contributed by atoms with E-state index in [1.807, 2.05) is 39.0 Å². The van der Waals surface area contributed by atoms with Crippen molar-refractivity contribution in [2.75, 3.05) is 0 Å². The Morgan fingerprint density at radius 3 is 2.36 bits per heavy atom. The summed E-state index contributed by atoms with van der Waals surface area (Å²) in [6, 6.07) is 12.3. The quantitative estimate of drug-likeness (QED) is 0.348. The lowest BCUT2D eigenvalue weighted by molar-refractivity contribution is 0.0503. The molecule has 2 atom stereocenters. The van der Waals surface area contributed by atoms with E-state index in [0.29, 0.717) is 17.8 Å². The maximum absolute atomic E-state index is 12.6. The number of ether oxygens (including phenoxy) is 1. The van der Waals surface area contributed by atoms with Crippen molar-refractivity contribution in [1.29, 1.82) is 0 Å². The molecular weight excluding hydrogens is 484 g/mol. The number of imidazole rings is 1. The number of carbonyl (C=O) groups is 1. The van der Waals surface area contributed by atoms with Crippen LogP contribution >= 0.6 is 0 Å². The number of hydrogen-bond donors (Lipinski definition) is 2. The third-order valence-corrected chi connectivity index (χ3v) is 8.79. The second-order valence-corrected chi connectivity index (χ2v) is 13.3. The molecule has 2 N–H and O–H groups in total. The van der Waals surface area contributed by atoms with E-state index < -0.39 is 5.60 Å². The highest BCUT2D eigenvalue weighted by Crippen LogP contribution is 2.55. The lowest BCUT2D eigenvalue weighted by atomic mass is 9.92. The fraction of sp³-hybridized carbons (Fsp3) is 0.485. The first kappa shape index (κ1) is 25.7. The fourth-order valence-corrected chi connectivity index (χ4v) is 5.46. The number of carbonyl (C=O) groups excluding carboxylic acids is 1. The van der Waals surface area contributed by atoms with Gasteiger partial charge in [0.05, 0.1) is 22.8 Å². The van der Waals surface area contributed by atoms with Crippen molar-refractivity contribution in [2.24, 2.45) is 15.8 Å². The summed E-state index contributed by atoms with van der Waals surface area (Å²) in [7, 11) is 0. The summed E-state index contributed by atoms with van der Waals surface area (Å²) in [6.45, 7) is 12.5. The molecule has 6 rings (SSSR count). The van der Waals surface area contributed by atoms with Crippen LogP contribution in [0.15, 0.2) is 41.4 Å². The van der Waals surface area contributed by atoms with E-state index >= 15 is 0 Å². The first-order valence-electron chi connectivity index (χ1n) is 14.1. The van der Waals surface area contributed by atoms with E-state index in [9.17, 15) is 4.79 Å². The largest absolute Gasteiger partial charge is 0.444 e. The molecule has 0 spiro atoms. The molecule has 0 saturated heterocycles. The lowest BCUT2D eigenvalue weighted by Gasteiger charge is -2.27. The van der Waals surface area contributed by atoms with Gasteiger partial charge in [0.1, 0.15) is 11.4 Å². The van der Waals surface area contributed by atoms with E-state index in [-0.39, 0.29) is 17.6 Å². The number of benzene rings is 2. The van der Waals surface area contributed by atoms with Crippen molar-refractivity contribution in [3.63, 3.8) is 0 Å². The minimum absolute atomic E-state index is 0.0275. The van der Waals surface area contributed by atoms with E-state index in [1.54, 1.807) is 0 Å². The van der Waals surface area contributed by atoms with Gasteiger partial charge in [-0.1, -0.05) is 32.6 Å². The highest BCUT2D eigenvalue weighted by atomic mass is 16.6. The Hall–Kier alpha value is -3.59. The number of fused-ring (bicyclic) bond motifs is 2. The van der Waals surface area contributed by atoms with E-state index in [1.165, 1.54) is 12.8 Å². The highest BCUT2D eigenvalue weighted by Gasteiger charge is 2.49. The van der Waals surface area contributed by atoms with Gasteiger partial charge in [0.15, 0.2) is 0 Å². The number of aliphatic imine (C=N–C) groups is 1. The lowest BCUT2D eigenvalue weighted by Crippen LogP contribution is -2.48. The normalized spacial score (nSPS) is 19.8. The van der Waals surface area contributed by atoms with Crippen LogP contribution in [0.5, 0.6) is 0 Å². The molecular formula is C33H38N4O2. The van der Waals surface area contributed by atoms with E-state index in [0.717, 1.165) is 57.8 Å². The van der Waals surface area contributed by atoms with Crippen molar-refractivity contribution >= 4 is 28.5 Å². The molecule has 0 bridgehead atoms. The monoisotopic (exact) mass is 522 g/mol. The number of aromatic nitrogens is 2. The van der Waals surface area contributed by atoms with Crippen molar-refractivity contribution < 1.29 is 9.53 Å². The average Bonchev–Trinajstić information content (AvgIpc) is 3.70. The van der Waals surface area contributed by atoms with Crippen LogP contribution in [0.1, 0.15) is 95.7 Å². The number of nitrogens with zero attached hydrogens (tertiary/aromatic N) is 2. The van der Waals surface area contributed by atoms with Gasteiger partial charge < -0.3 is 15.0 Å². The van der Waals surface area contributed by atoms with Crippen LogP contribution in [0, 0.1) is 22.7 Å². The topological polar surface area (TPSA) is 79.4 Å². The van der Waals surface area contributed by atoms with E-state index in [4.69, 9.17) is 14.7 Å². The highest BCUT2D eigenvalue weighted by molar-refractivity contribution is 6.00. The van der Waals surface area contributed by atoms with Crippen LogP contribution < -0.4 is 5.32 Å². The summed E-state index contributed by atoms with van der Waals surface area (Å²) in [6.07, 6.45) is 5.01. The molecule has 3 aliphatic rings. The van der Waals surface area contributed by atoms with Crippen LogP contribution in [0.2, 0.25) is 0 Å². The summed E-state index contributed by atoms with van der Waals surface area (Å²) in [4.78, 5) is 25.9. The maximum atomic E-state index is 12.6. The van der Waals surface area contributed by atoms with Gasteiger partial charge >= 0.3 is 6.09 Å². The van der Waals surface area contributed by atoms with Crippen LogP contribution in [-0.2, 0) is 11.2 Å². The summed E-state index contributed by atoms with van der Waals surface area (Å²) in [5.74, 6) is 8.17. The molecule has 6 nitrogen and oxygen atoms in total. The first-order valence-corrected chi connectivity index (χ1v) is 14.1. The molecule has 2 aromatic carbocycles. The van der Waals surface area contributed by atoms with Crippen molar-refractivity contribution in [3.05, 3.63) is 58.9 Å². The van der Waals surface area contributed by atoms with Gasteiger partial charge in [0.2, 0.25) is 0 Å². The zero-order valence-corrected chi connectivity index (χ0v) is 23.9. The Bertz CT molecular complexity index is 1550. The molecule has 1 amide bonds. The minimum atomic E-state index is -0.537. The van der Waals surface area contributed by atoms with Gasteiger partial charge in [-0.05, 0) is 99.2 Å². The Morgan fingerprint density at radius 2 is 1.69 bits per heavy atom. The molecule has 1 aromatic heterocycles. The number of amides is 1. The second-order valence-electron chi connectivity index (χ2n) is 13.3. The van der Waals surface area contributed by atoms with Crippen LogP contribution in [-0.4, -0.2) is 33.4 Å². The maximum Gasteiger partial charge on any atom is 0.408 e. The van der Waals surface area contributed by atoms with Gasteiger partial charge in [-0.25, -0.2) is 9.78 Å². The average molecular weight is 523 g/mol. The smallest absolute Gasteiger partial charge is 0.408 e. The zero-order valence-electron chi connectivity index (χ0n) is 23.9. The van der Waals surface area contributed by atoms with Gasteiger partial charge in [-0.2, -0.15) is 0 Å². The number of alkyl carbamates (subject to hydrolysis) is 1. The molecule has 3 aromatic rings. The van der Waals surface area contributed by atoms with Crippen molar-refractivity contribution in [1.82, 2.24) is 15.3 Å². The standard InChI is InChI=1S/C33H38N4O2/c1-20(32(5)13-14-32)29-35-25-12-10-22(18-26(25)36-29)8-7-21-9-11-24-23(17-21)19-27(34-24)28(33(6)15-16-33)37-30(38)39-31(2,3)4/h9-12,17-18,20,28H,13-16,19H2,1-6H3,(H,35,36)(H,37,38)/t20-,28-/m1/s1. The van der Waals surface area contributed by atoms with Crippen LogP contribution in [0.4, 0.5) is 10.5 Å². The van der Waals surface area contributed by atoms with Crippen LogP contribution in [0.3, 0.4) is 0 Å². The third kappa shape index (κ3) is 5.32. The molecule has 2 heterocycles. The van der Waals surface area contributed by atoms with Gasteiger partial charge in [-0.3, -0.25) is 4.99 Å². The number of nitrogens with one attached hydrogen (secondary N) is 2. The summed E-state index contributed by atoms with van der Waals surface area (Å²) >= 11 is 0. The minimum Gasteiger partial charge on any atom is -0.444 e. The SMILES string of the molecule is C[C@H](c1nc2ccc(C#Cc3ccc4c(c3)CC([C@@H](NC(=O)OC(C)(C)C)C3(C)CC3)=N4)cc2[nH]1)C1(C)CC1. The number of aromatic amines is 1. The Morgan fingerprint density at radius 1 is 1.03 bits per heavy atom. The second kappa shape index (κ2) is 8.98. The Kier molecular flexibility index (Phi) is 5.91. The molecule has 6 heteroatoms. The Labute approximate surface area is 231 Å². The van der Waals surface area contributed by atoms with Crippen LogP contribution in [0.25, 0.3) is 11.0 Å². The molecule has 202 valence electrons. The predicted octanol–water partition coefficient (Wildman–Crippen LogP) is 7.19. The molecule has 0 radical (unpaired) electrons. The van der Waals surface area contributed by atoms with E-state index in [2.05, 4.69) is 61.1 Å². The van der Waals surface area contributed by atoms with Gasteiger partial charge in [0.25, 0.3) is 0 Å². The predicted molar refractivity (Wildman–Crippen MR) is 156 cm³/mol. The molecule has 2 fully saturated rings. The summed E-state index contributed by atoms with van der Waals surface area (Å²) < 4.78 is 5.55. The number of H-pyrrole nitrogens is 1. The fourth-order valence-electron chi connectivity index (χ4n) is 5.46. The summed E-state index contributed by atoms with van der Waals surface area (Å²) in [5, 5.41) is 3.12. The summed E-state index contributed by atoms with van der Waals surface area (Å²) in [5.41, 5.74) is 6.93. The molecule has 2 aliphatic carbocycles. The first-order chi connectivity index (χ1) is 18.4. The third-order valence-electron chi connectivity index (χ3n) is 8.79. The zero-order chi connectivity index (χ0) is 27.6. The Balaban J connectivity index is 1.17. The van der Waals surface area contributed by atoms with Gasteiger partial charge in [0, 0.05) is 29.2 Å². The van der Waals surface area contributed by atoms with Crippen molar-refractivity contribution in [3.8, 4) is 11.8 Å². The molecule has 2 saturated carbocycles.